The van der Waals surface area contributed by atoms with E-state index in [4.69, 9.17) is 5.26 Å². The van der Waals surface area contributed by atoms with E-state index in [0.29, 0.717) is 11.6 Å². The van der Waals surface area contributed by atoms with E-state index in [1.54, 1.807) is 0 Å². The van der Waals surface area contributed by atoms with E-state index in [-0.39, 0.29) is 11.5 Å². The fourth-order valence-corrected chi connectivity index (χ4v) is 2.19. The van der Waals surface area contributed by atoms with Crippen molar-refractivity contribution in [1.82, 2.24) is 5.32 Å². The van der Waals surface area contributed by atoms with Crippen LogP contribution in [0.15, 0.2) is 24.3 Å². The maximum absolute atomic E-state index is 9.64. The summed E-state index contributed by atoms with van der Waals surface area (Å²) >= 11 is 0. The molecule has 3 nitrogen and oxygen atoms in total. The van der Waals surface area contributed by atoms with Gasteiger partial charge in [-0.3, -0.25) is 0 Å². The molecule has 0 bridgehead atoms. The highest BCUT2D eigenvalue weighted by molar-refractivity contribution is 5.31. The van der Waals surface area contributed by atoms with Crippen LogP contribution in [0.4, 0.5) is 0 Å². The van der Waals surface area contributed by atoms with Gasteiger partial charge in [0.15, 0.2) is 0 Å². The number of rotatable bonds is 3. The van der Waals surface area contributed by atoms with Crippen molar-refractivity contribution >= 4 is 0 Å². The lowest BCUT2D eigenvalue weighted by molar-refractivity contribution is -0.0729. The van der Waals surface area contributed by atoms with Gasteiger partial charge in [0.1, 0.15) is 0 Å². The van der Waals surface area contributed by atoms with Crippen molar-refractivity contribution < 1.29 is 5.11 Å². The van der Waals surface area contributed by atoms with Crippen molar-refractivity contribution in [2.75, 3.05) is 0 Å². The van der Waals surface area contributed by atoms with Gasteiger partial charge in [0.05, 0.1) is 17.7 Å². The molecule has 3 heteroatoms. The van der Waals surface area contributed by atoms with Crippen molar-refractivity contribution in [2.24, 2.45) is 5.41 Å². The monoisotopic (exact) mass is 230 g/mol. The van der Waals surface area contributed by atoms with Crippen LogP contribution in [0.1, 0.15) is 31.4 Å². The highest BCUT2D eigenvalue weighted by atomic mass is 16.3. The van der Waals surface area contributed by atoms with Crippen LogP contribution in [0.3, 0.4) is 0 Å². The Labute approximate surface area is 102 Å². The molecular formula is C14H18N2O. The van der Waals surface area contributed by atoms with E-state index in [2.05, 4.69) is 25.2 Å². The fourth-order valence-electron chi connectivity index (χ4n) is 2.19. The summed E-state index contributed by atoms with van der Waals surface area (Å²) < 4.78 is 0. The molecule has 1 aromatic rings. The first-order valence-corrected chi connectivity index (χ1v) is 5.94. The minimum atomic E-state index is -0.194. The zero-order valence-electron chi connectivity index (χ0n) is 10.3. The molecule has 1 aliphatic carbocycles. The van der Waals surface area contributed by atoms with Crippen LogP contribution in [0.5, 0.6) is 0 Å². The molecule has 0 saturated heterocycles. The van der Waals surface area contributed by atoms with Crippen LogP contribution in [0, 0.1) is 16.7 Å². The zero-order valence-corrected chi connectivity index (χ0v) is 10.3. The van der Waals surface area contributed by atoms with Gasteiger partial charge in [-0.15, -0.1) is 0 Å². The van der Waals surface area contributed by atoms with Crippen LogP contribution >= 0.6 is 0 Å². The molecule has 0 amide bonds. The Morgan fingerprint density at radius 1 is 1.41 bits per heavy atom. The standard InChI is InChI=1S/C14H18N2O/c1-14(2)12(7-13(14)17)16-9-11-5-3-10(8-15)4-6-11/h3-6,12-13,16-17H,7,9H2,1-2H3. The molecule has 2 unspecified atom stereocenters. The lowest BCUT2D eigenvalue weighted by atomic mass is 9.64. The van der Waals surface area contributed by atoms with Gasteiger partial charge >= 0.3 is 0 Å². The molecule has 0 aromatic heterocycles. The van der Waals surface area contributed by atoms with Gasteiger partial charge < -0.3 is 10.4 Å². The number of nitriles is 1. The van der Waals surface area contributed by atoms with Crippen molar-refractivity contribution in [1.29, 1.82) is 5.26 Å². The molecule has 1 aliphatic rings. The number of aliphatic hydroxyl groups excluding tert-OH is 1. The van der Waals surface area contributed by atoms with Crippen LogP contribution in [0.25, 0.3) is 0 Å². The minimum Gasteiger partial charge on any atom is -0.392 e. The van der Waals surface area contributed by atoms with E-state index in [0.717, 1.165) is 13.0 Å². The third-order valence-corrected chi connectivity index (χ3v) is 3.85. The van der Waals surface area contributed by atoms with Crippen molar-refractivity contribution in [3.63, 3.8) is 0 Å². The van der Waals surface area contributed by atoms with Crippen LogP contribution in [0.2, 0.25) is 0 Å². The highest BCUT2D eigenvalue weighted by Gasteiger charge is 2.46. The SMILES string of the molecule is CC1(C)C(O)CC1NCc1ccc(C#N)cc1. The molecule has 0 heterocycles. The Morgan fingerprint density at radius 3 is 2.53 bits per heavy atom. The first kappa shape index (κ1) is 12.1. The van der Waals surface area contributed by atoms with Crippen molar-refractivity contribution in [2.45, 2.75) is 39.0 Å². The second-order valence-corrected chi connectivity index (χ2v) is 5.32. The Hall–Kier alpha value is -1.37. The minimum absolute atomic E-state index is 0.0351. The van der Waals surface area contributed by atoms with Gasteiger partial charge in [0.25, 0.3) is 0 Å². The van der Waals surface area contributed by atoms with Crippen molar-refractivity contribution in [3.8, 4) is 6.07 Å². The topological polar surface area (TPSA) is 56.0 Å². The van der Waals surface area contributed by atoms with Gasteiger partial charge in [-0.25, -0.2) is 0 Å². The summed E-state index contributed by atoms with van der Waals surface area (Å²) in [5.41, 5.74) is 1.82. The number of nitrogens with zero attached hydrogens (tertiary/aromatic N) is 1. The Kier molecular flexibility index (Phi) is 3.19. The van der Waals surface area contributed by atoms with Gasteiger partial charge in [0.2, 0.25) is 0 Å². The predicted molar refractivity (Wildman–Crippen MR) is 66.2 cm³/mol. The summed E-state index contributed by atoms with van der Waals surface area (Å²) in [4.78, 5) is 0. The molecule has 0 aliphatic heterocycles. The average molecular weight is 230 g/mol. The molecule has 90 valence electrons. The molecule has 17 heavy (non-hydrogen) atoms. The molecule has 1 fully saturated rings. The first-order chi connectivity index (χ1) is 8.04. The van der Waals surface area contributed by atoms with E-state index >= 15 is 0 Å². The fraction of sp³-hybridized carbons (Fsp3) is 0.500. The van der Waals surface area contributed by atoms with Crippen molar-refractivity contribution in [3.05, 3.63) is 35.4 Å². The number of benzene rings is 1. The molecule has 0 spiro atoms. The Bertz CT molecular complexity index is 431. The van der Waals surface area contributed by atoms with Gasteiger partial charge in [0, 0.05) is 18.0 Å². The first-order valence-electron chi connectivity index (χ1n) is 5.94. The third-order valence-electron chi connectivity index (χ3n) is 3.85. The normalized spacial score (nSPS) is 26.0. The van der Waals surface area contributed by atoms with Crippen LogP contribution < -0.4 is 5.32 Å². The second-order valence-electron chi connectivity index (χ2n) is 5.32. The summed E-state index contributed by atoms with van der Waals surface area (Å²) in [6.45, 7) is 4.95. The average Bonchev–Trinajstić information content (AvgIpc) is 2.35. The summed E-state index contributed by atoms with van der Waals surface area (Å²) in [6.07, 6.45) is 0.629. The zero-order chi connectivity index (χ0) is 12.5. The molecule has 1 aromatic carbocycles. The molecule has 2 atom stereocenters. The lowest BCUT2D eigenvalue weighted by Gasteiger charge is -2.49. The second kappa shape index (κ2) is 4.48. The number of hydrogen-bond donors (Lipinski definition) is 2. The maximum Gasteiger partial charge on any atom is 0.0991 e. The lowest BCUT2D eigenvalue weighted by Crippen LogP contribution is -2.59. The smallest absolute Gasteiger partial charge is 0.0991 e. The molecule has 1 saturated carbocycles. The van der Waals surface area contributed by atoms with E-state index in [1.165, 1.54) is 5.56 Å². The summed E-state index contributed by atoms with van der Waals surface area (Å²) in [6, 6.07) is 10.1. The van der Waals surface area contributed by atoms with E-state index in [1.807, 2.05) is 24.3 Å². The van der Waals surface area contributed by atoms with Gasteiger partial charge in [-0.2, -0.15) is 5.26 Å². The number of nitrogens with one attached hydrogen (secondary N) is 1. The van der Waals surface area contributed by atoms with Gasteiger partial charge in [-0.05, 0) is 24.1 Å². The van der Waals surface area contributed by atoms with Crippen LogP contribution in [-0.4, -0.2) is 17.3 Å². The quantitative estimate of drug-likeness (QED) is 0.832. The summed E-state index contributed by atoms with van der Waals surface area (Å²) in [5.74, 6) is 0. The molecule has 2 rings (SSSR count). The van der Waals surface area contributed by atoms with E-state index < -0.39 is 0 Å². The predicted octanol–water partition coefficient (Wildman–Crippen LogP) is 1.81. The molecule has 2 N–H and O–H groups in total. The highest BCUT2D eigenvalue weighted by Crippen LogP contribution is 2.40. The van der Waals surface area contributed by atoms with Crippen LogP contribution in [-0.2, 0) is 6.54 Å². The Morgan fingerprint density at radius 2 is 2.06 bits per heavy atom. The number of aliphatic hydroxyl groups is 1. The largest absolute Gasteiger partial charge is 0.392 e. The van der Waals surface area contributed by atoms with Gasteiger partial charge in [-0.1, -0.05) is 26.0 Å². The number of hydrogen-bond acceptors (Lipinski definition) is 3. The molecular weight excluding hydrogens is 212 g/mol. The summed E-state index contributed by atoms with van der Waals surface area (Å²) in [5, 5.41) is 21.8. The Balaban J connectivity index is 1.89. The van der Waals surface area contributed by atoms with E-state index in [9.17, 15) is 5.11 Å². The maximum atomic E-state index is 9.64. The third kappa shape index (κ3) is 2.33. The summed E-state index contributed by atoms with van der Waals surface area (Å²) in [7, 11) is 0. The molecule has 0 radical (unpaired) electrons.